The number of nitrogens with zero attached hydrogens (tertiary/aromatic N) is 1. The zero-order chi connectivity index (χ0) is 24.0. The number of morpholine rings is 1. The SMILES string of the molecule is Cc1ccc(C(=O)NCC2(N3CCOCC3)CCCCC2)cc1S(=O)(=O)NCc1ccccc1. The summed E-state index contributed by atoms with van der Waals surface area (Å²) in [7, 11) is -3.76. The van der Waals surface area contributed by atoms with E-state index in [0.717, 1.165) is 57.6 Å². The molecule has 184 valence electrons. The van der Waals surface area contributed by atoms with Crippen LogP contribution in [-0.2, 0) is 21.3 Å². The van der Waals surface area contributed by atoms with Crippen molar-refractivity contribution in [1.29, 1.82) is 0 Å². The van der Waals surface area contributed by atoms with Gasteiger partial charge in [-0.2, -0.15) is 0 Å². The van der Waals surface area contributed by atoms with Crippen molar-refractivity contribution < 1.29 is 17.9 Å². The van der Waals surface area contributed by atoms with Gasteiger partial charge in [0.2, 0.25) is 10.0 Å². The molecular weight excluding hydrogens is 450 g/mol. The Kier molecular flexibility index (Phi) is 8.03. The molecule has 0 spiro atoms. The molecule has 34 heavy (non-hydrogen) atoms. The Morgan fingerprint density at radius 2 is 1.74 bits per heavy atom. The molecule has 2 aliphatic rings. The number of amides is 1. The van der Waals surface area contributed by atoms with Gasteiger partial charge < -0.3 is 10.1 Å². The fourth-order valence-corrected chi connectivity index (χ4v) is 6.37. The number of carbonyl (C=O) groups is 1. The minimum Gasteiger partial charge on any atom is -0.379 e. The van der Waals surface area contributed by atoms with E-state index < -0.39 is 10.0 Å². The van der Waals surface area contributed by atoms with E-state index in [9.17, 15) is 13.2 Å². The summed E-state index contributed by atoms with van der Waals surface area (Å²) in [6.07, 6.45) is 5.67. The van der Waals surface area contributed by atoms with Crippen LogP contribution in [0.3, 0.4) is 0 Å². The Balaban J connectivity index is 1.46. The zero-order valence-electron chi connectivity index (χ0n) is 19.9. The molecule has 1 saturated carbocycles. The van der Waals surface area contributed by atoms with Crippen LogP contribution in [0.25, 0.3) is 0 Å². The zero-order valence-corrected chi connectivity index (χ0v) is 20.7. The second kappa shape index (κ2) is 11.0. The lowest BCUT2D eigenvalue weighted by atomic mass is 9.79. The molecule has 1 aliphatic carbocycles. The van der Waals surface area contributed by atoms with Crippen LogP contribution in [0.15, 0.2) is 53.4 Å². The Labute approximate surface area is 202 Å². The van der Waals surface area contributed by atoms with E-state index in [0.29, 0.717) is 17.7 Å². The molecule has 7 nitrogen and oxygen atoms in total. The van der Waals surface area contributed by atoms with Gasteiger partial charge in [-0.15, -0.1) is 0 Å². The van der Waals surface area contributed by atoms with Gasteiger partial charge in [0.25, 0.3) is 5.91 Å². The summed E-state index contributed by atoms with van der Waals surface area (Å²) in [4.78, 5) is 15.7. The monoisotopic (exact) mass is 485 g/mol. The summed E-state index contributed by atoms with van der Waals surface area (Å²) in [5, 5.41) is 3.13. The third-order valence-corrected chi connectivity index (χ3v) is 8.64. The molecule has 0 aromatic heterocycles. The number of sulfonamides is 1. The molecule has 2 aromatic rings. The van der Waals surface area contributed by atoms with Gasteiger partial charge in [0.15, 0.2) is 0 Å². The van der Waals surface area contributed by atoms with Crippen molar-refractivity contribution in [3.63, 3.8) is 0 Å². The summed E-state index contributed by atoms with van der Waals surface area (Å²) < 4.78 is 34.2. The lowest BCUT2D eigenvalue weighted by Crippen LogP contribution is -2.59. The number of carbonyl (C=O) groups excluding carboxylic acids is 1. The van der Waals surface area contributed by atoms with Crippen molar-refractivity contribution in [2.75, 3.05) is 32.8 Å². The van der Waals surface area contributed by atoms with E-state index in [2.05, 4.69) is 14.9 Å². The van der Waals surface area contributed by atoms with Crippen LogP contribution < -0.4 is 10.0 Å². The Bertz CT molecular complexity index is 1080. The lowest BCUT2D eigenvalue weighted by Gasteiger charge is -2.48. The second-order valence-corrected chi connectivity index (χ2v) is 11.1. The Morgan fingerprint density at radius 1 is 1.03 bits per heavy atom. The highest BCUT2D eigenvalue weighted by Crippen LogP contribution is 2.34. The van der Waals surface area contributed by atoms with Crippen LogP contribution in [0.5, 0.6) is 0 Å². The van der Waals surface area contributed by atoms with Gasteiger partial charge in [-0.25, -0.2) is 13.1 Å². The molecule has 4 rings (SSSR count). The highest BCUT2D eigenvalue weighted by atomic mass is 32.2. The van der Waals surface area contributed by atoms with Gasteiger partial charge in [-0.05, 0) is 43.0 Å². The van der Waals surface area contributed by atoms with E-state index >= 15 is 0 Å². The molecule has 1 saturated heterocycles. The average molecular weight is 486 g/mol. The summed E-state index contributed by atoms with van der Waals surface area (Å²) in [5.41, 5.74) is 1.79. The molecule has 2 N–H and O–H groups in total. The van der Waals surface area contributed by atoms with E-state index in [1.54, 1.807) is 19.1 Å². The van der Waals surface area contributed by atoms with E-state index in [1.807, 2.05) is 30.3 Å². The van der Waals surface area contributed by atoms with E-state index in [-0.39, 0.29) is 22.9 Å². The second-order valence-electron chi connectivity index (χ2n) is 9.36. The fraction of sp³-hybridized carbons (Fsp3) is 0.500. The molecule has 1 amide bonds. The summed E-state index contributed by atoms with van der Waals surface area (Å²) >= 11 is 0. The van der Waals surface area contributed by atoms with Gasteiger partial charge in [0.1, 0.15) is 0 Å². The topological polar surface area (TPSA) is 87.7 Å². The third-order valence-electron chi connectivity index (χ3n) is 7.09. The maximum atomic E-state index is 13.1. The predicted octanol–water partition coefficient (Wildman–Crippen LogP) is 3.24. The molecule has 0 unspecified atom stereocenters. The molecule has 8 heteroatoms. The molecule has 1 heterocycles. The minimum atomic E-state index is -3.76. The Hall–Kier alpha value is -2.26. The van der Waals surface area contributed by atoms with E-state index in [1.165, 1.54) is 12.5 Å². The van der Waals surface area contributed by atoms with Crippen molar-refractivity contribution in [2.45, 2.75) is 56.0 Å². The number of ether oxygens (including phenoxy) is 1. The van der Waals surface area contributed by atoms with Crippen LogP contribution in [0, 0.1) is 6.92 Å². The van der Waals surface area contributed by atoms with Crippen LogP contribution in [0.4, 0.5) is 0 Å². The van der Waals surface area contributed by atoms with Crippen molar-refractivity contribution in [3.8, 4) is 0 Å². The number of rotatable bonds is 8. The summed E-state index contributed by atoms with van der Waals surface area (Å²) in [6.45, 7) is 5.73. The fourth-order valence-electron chi connectivity index (χ4n) is 5.08. The lowest BCUT2D eigenvalue weighted by molar-refractivity contribution is -0.0361. The molecule has 0 radical (unpaired) electrons. The van der Waals surface area contributed by atoms with E-state index in [4.69, 9.17) is 4.74 Å². The van der Waals surface area contributed by atoms with Crippen molar-refractivity contribution >= 4 is 15.9 Å². The highest BCUT2D eigenvalue weighted by molar-refractivity contribution is 7.89. The summed E-state index contributed by atoms with van der Waals surface area (Å²) in [6, 6.07) is 14.3. The molecule has 1 aliphatic heterocycles. The summed E-state index contributed by atoms with van der Waals surface area (Å²) in [5.74, 6) is -0.238. The first-order valence-corrected chi connectivity index (χ1v) is 13.6. The minimum absolute atomic E-state index is 0.0471. The largest absolute Gasteiger partial charge is 0.379 e. The van der Waals surface area contributed by atoms with Gasteiger partial charge in [-0.3, -0.25) is 9.69 Å². The van der Waals surface area contributed by atoms with Crippen LogP contribution in [0.1, 0.15) is 53.6 Å². The van der Waals surface area contributed by atoms with Gasteiger partial charge in [0, 0.05) is 37.3 Å². The first-order chi connectivity index (χ1) is 16.4. The quantitative estimate of drug-likeness (QED) is 0.599. The molecular formula is C26H35N3O4S. The number of benzene rings is 2. The molecule has 0 atom stereocenters. The van der Waals surface area contributed by atoms with Crippen molar-refractivity contribution in [2.24, 2.45) is 0 Å². The smallest absolute Gasteiger partial charge is 0.251 e. The molecule has 2 aromatic carbocycles. The highest BCUT2D eigenvalue weighted by Gasteiger charge is 2.38. The maximum Gasteiger partial charge on any atom is 0.251 e. The number of nitrogens with one attached hydrogen (secondary N) is 2. The molecule has 0 bridgehead atoms. The van der Waals surface area contributed by atoms with Crippen molar-refractivity contribution in [3.05, 3.63) is 65.2 Å². The number of aryl methyl sites for hydroxylation is 1. The van der Waals surface area contributed by atoms with Gasteiger partial charge in [0.05, 0.1) is 18.1 Å². The van der Waals surface area contributed by atoms with Gasteiger partial charge in [-0.1, -0.05) is 55.7 Å². The normalized spacial score (nSPS) is 19.0. The predicted molar refractivity (Wildman–Crippen MR) is 132 cm³/mol. The molecule has 2 fully saturated rings. The van der Waals surface area contributed by atoms with Crippen LogP contribution >= 0.6 is 0 Å². The standard InChI is InChI=1S/C26H35N3O4S/c1-21-10-11-23(18-24(21)34(31,32)28-19-22-8-4-2-5-9-22)25(30)27-20-26(12-6-3-7-13-26)29-14-16-33-17-15-29/h2,4-5,8-11,18,28H,3,6-7,12-17,19-20H2,1H3,(H,27,30). The third kappa shape index (κ3) is 5.86. The first kappa shape index (κ1) is 24.9. The average Bonchev–Trinajstić information content (AvgIpc) is 2.88. The maximum absolute atomic E-state index is 13.1. The Morgan fingerprint density at radius 3 is 2.44 bits per heavy atom. The van der Waals surface area contributed by atoms with Crippen LogP contribution in [-0.4, -0.2) is 57.6 Å². The first-order valence-electron chi connectivity index (χ1n) is 12.1. The van der Waals surface area contributed by atoms with Crippen molar-refractivity contribution in [1.82, 2.24) is 14.9 Å². The number of hydrogen-bond donors (Lipinski definition) is 2. The van der Waals surface area contributed by atoms with Crippen LogP contribution in [0.2, 0.25) is 0 Å². The number of hydrogen-bond acceptors (Lipinski definition) is 5. The van der Waals surface area contributed by atoms with Gasteiger partial charge >= 0.3 is 0 Å².